The number of carboxylic acids is 1. The third-order valence-corrected chi connectivity index (χ3v) is 7.81. The molecule has 0 spiro atoms. The van der Waals surface area contributed by atoms with Gasteiger partial charge in [-0.2, -0.15) is 0 Å². The number of rotatable bonds is 9. The van der Waals surface area contributed by atoms with Gasteiger partial charge >= 0.3 is 5.97 Å². The molecule has 2 aliphatic rings. The van der Waals surface area contributed by atoms with E-state index in [9.17, 15) is 19.4 Å². The lowest BCUT2D eigenvalue weighted by Gasteiger charge is -2.37. The molecule has 0 unspecified atom stereocenters. The van der Waals surface area contributed by atoms with E-state index in [1.54, 1.807) is 18.2 Å². The molecule has 0 atom stereocenters. The van der Waals surface area contributed by atoms with Crippen LogP contribution in [0.4, 0.5) is 14.5 Å². The number of anilines is 1. The minimum Gasteiger partial charge on any atom is -0.512 e. The molecule has 5 rings (SSSR count). The number of aliphatic hydroxyl groups excluding tert-OH is 1. The van der Waals surface area contributed by atoms with Crippen LogP contribution in [0.15, 0.2) is 65.9 Å². The molecule has 1 aliphatic heterocycles. The Bertz CT molecular complexity index is 1440. The summed E-state index contributed by atoms with van der Waals surface area (Å²) in [6.45, 7) is 0.505. The fourth-order valence-electron chi connectivity index (χ4n) is 4.97. The average molecular weight is 555 g/mol. The molecule has 2 fully saturated rings. The van der Waals surface area contributed by atoms with Crippen molar-refractivity contribution in [3.8, 4) is 0 Å². The second-order valence-electron chi connectivity index (χ2n) is 10.3. The van der Waals surface area contributed by atoms with Gasteiger partial charge in [-0.1, -0.05) is 29.8 Å². The number of halogens is 3. The van der Waals surface area contributed by atoms with E-state index in [4.69, 9.17) is 21.7 Å². The highest BCUT2D eigenvalue weighted by Gasteiger charge is 2.36. The molecule has 204 valence electrons. The number of nitrogens with zero attached hydrogens (tertiary/aromatic N) is 1. The zero-order valence-corrected chi connectivity index (χ0v) is 22.0. The molecule has 6 nitrogen and oxygen atoms in total. The minimum absolute atomic E-state index is 0.0196. The molecule has 1 saturated carbocycles. The van der Waals surface area contributed by atoms with Crippen molar-refractivity contribution in [3.63, 3.8) is 0 Å². The Morgan fingerprint density at radius 2 is 1.77 bits per heavy atom. The average Bonchev–Trinajstić information content (AvgIpc) is 3.76. The maximum absolute atomic E-state index is 15.7. The second kappa shape index (κ2) is 10.9. The minimum atomic E-state index is -1.58. The molecule has 3 aromatic rings. The van der Waals surface area contributed by atoms with Crippen LogP contribution in [0.5, 0.6) is 0 Å². The van der Waals surface area contributed by atoms with Crippen molar-refractivity contribution >= 4 is 39.7 Å². The van der Waals surface area contributed by atoms with Gasteiger partial charge in [0.2, 0.25) is 0 Å². The summed E-state index contributed by atoms with van der Waals surface area (Å²) >= 11 is 6.15. The topological polar surface area (TPSA) is 93.9 Å². The lowest BCUT2D eigenvalue weighted by molar-refractivity contribution is 0.00816. The van der Waals surface area contributed by atoms with Crippen LogP contribution < -0.4 is 4.90 Å². The van der Waals surface area contributed by atoms with Gasteiger partial charge in [0.25, 0.3) is 0 Å². The Hall–Kier alpha value is -3.49. The fraction of sp³-hybridized carbons (Fsp3) is 0.333. The first-order valence-electron chi connectivity index (χ1n) is 12.9. The number of nitrogens with one attached hydrogen (secondary N) is 1. The largest absolute Gasteiger partial charge is 0.512 e. The Labute approximate surface area is 230 Å². The number of aromatic carboxylic acids is 1. The van der Waals surface area contributed by atoms with Gasteiger partial charge in [-0.25, -0.2) is 13.6 Å². The van der Waals surface area contributed by atoms with Gasteiger partial charge in [0.15, 0.2) is 0 Å². The van der Waals surface area contributed by atoms with Crippen molar-refractivity contribution in [1.29, 1.82) is 5.41 Å². The van der Waals surface area contributed by atoms with Gasteiger partial charge in [-0.05, 0) is 60.0 Å². The highest BCUT2D eigenvalue weighted by atomic mass is 35.5. The van der Waals surface area contributed by atoms with Crippen molar-refractivity contribution in [2.24, 2.45) is 5.92 Å². The number of hydrogen-bond donors (Lipinski definition) is 3. The molecule has 1 aliphatic carbocycles. The van der Waals surface area contributed by atoms with Gasteiger partial charge in [0, 0.05) is 43.1 Å². The SMILES string of the molecule is N=C(/C(COCC1(F)CCN(c2ccc3cc(C(=O)O)ccc3c2)CC1)=C(\O)C1CC1)c1c(F)cccc1Cl. The maximum atomic E-state index is 15.7. The summed E-state index contributed by atoms with van der Waals surface area (Å²) in [6, 6.07) is 14.9. The highest BCUT2D eigenvalue weighted by molar-refractivity contribution is 6.35. The molecule has 3 aromatic carbocycles. The normalized spacial score (nSPS) is 17.7. The summed E-state index contributed by atoms with van der Waals surface area (Å²) in [5, 5.41) is 30.2. The van der Waals surface area contributed by atoms with Crippen LogP contribution in [0, 0.1) is 17.1 Å². The smallest absolute Gasteiger partial charge is 0.335 e. The predicted octanol–water partition coefficient (Wildman–Crippen LogP) is 6.95. The van der Waals surface area contributed by atoms with E-state index in [0.717, 1.165) is 29.3 Å². The predicted molar refractivity (Wildman–Crippen MR) is 148 cm³/mol. The summed E-state index contributed by atoms with van der Waals surface area (Å²) in [4.78, 5) is 13.3. The standard InChI is InChI=1S/C30H29ClF2N2O4/c31-24-2-1-3-25(32)26(24)27(34)23(28(36)18-4-5-18)16-39-17-30(33)10-12-35(13-11-30)22-9-8-19-14-21(29(37)38)7-6-20(19)15-22/h1-3,6-9,14-15,18,34,36H,4-5,10-13,16-17H2,(H,37,38)/b28-23-,34-27?. The van der Waals surface area contributed by atoms with Crippen molar-refractivity contribution in [2.45, 2.75) is 31.4 Å². The molecule has 1 saturated heterocycles. The van der Waals surface area contributed by atoms with Crippen molar-refractivity contribution < 1.29 is 28.5 Å². The summed E-state index contributed by atoms with van der Waals surface area (Å²) < 4.78 is 35.9. The summed E-state index contributed by atoms with van der Waals surface area (Å²) in [5.41, 5.74) is -0.649. The quantitative estimate of drug-likeness (QED) is 0.197. The van der Waals surface area contributed by atoms with Crippen LogP contribution in [0.1, 0.15) is 41.6 Å². The molecule has 9 heteroatoms. The maximum Gasteiger partial charge on any atom is 0.335 e. The van der Waals surface area contributed by atoms with Gasteiger partial charge in [0.1, 0.15) is 17.2 Å². The number of alkyl halides is 1. The van der Waals surface area contributed by atoms with E-state index >= 15 is 4.39 Å². The number of benzene rings is 3. The lowest BCUT2D eigenvalue weighted by atomic mass is 9.93. The van der Waals surface area contributed by atoms with Crippen LogP contribution in [-0.4, -0.2) is 53.9 Å². The second-order valence-corrected chi connectivity index (χ2v) is 10.7. The van der Waals surface area contributed by atoms with Crippen LogP contribution in [-0.2, 0) is 4.74 Å². The highest BCUT2D eigenvalue weighted by Crippen LogP contribution is 2.38. The summed E-state index contributed by atoms with van der Waals surface area (Å²) in [5.74, 6) is -1.76. The Kier molecular flexibility index (Phi) is 7.60. The van der Waals surface area contributed by atoms with E-state index in [-0.39, 0.29) is 65.2 Å². The Morgan fingerprint density at radius 1 is 1.08 bits per heavy atom. The van der Waals surface area contributed by atoms with Crippen LogP contribution >= 0.6 is 11.6 Å². The van der Waals surface area contributed by atoms with Crippen molar-refractivity contribution in [3.05, 3.63) is 87.9 Å². The zero-order valence-electron chi connectivity index (χ0n) is 21.2. The Balaban J connectivity index is 1.22. The van der Waals surface area contributed by atoms with Gasteiger partial charge in [0.05, 0.1) is 35.1 Å². The van der Waals surface area contributed by atoms with Gasteiger partial charge in [-0.15, -0.1) is 0 Å². The molecular formula is C30H29ClF2N2O4. The number of allylic oxidation sites excluding steroid dienone is 1. The molecule has 39 heavy (non-hydrogen) atoms. The van der Waals surface area contributed by atoms with E-state index in [0.29, 0.717) is 13.1 Å². The number of fused-ring (bicyclic) bond motifs is 1. The van der Waals surface area contributed by atoms with Crippen molar-refractivity contribution in [1.82, 2.24) is 0 Å². The van der Waals surface area contributed by atoms with Gasteiger partial charge < -0.3 is 19.8 Å². The molecule has 3 N–H and O–H groups in total. The first-order valence-corrected chi connectivity index (χ1v) is 13.3. The first kappa shape index (κ1) is 27.1. The fourth-order valence-corrected chi connectivity index (χ4v) is 5.23. The number of aliphatic hydroxyl groups is 1. The molecule has 0 amide bonds. The molecule has 0 bridgehead atoms. The van der Waals surface area contributed by atoms with Crippen LogP contribution in [0.2, 0.25) is 5.02 Å². The first-order chi connectivity index (χ1) is 18.6. The number of piperidine rings is 1. The van der Waals surface area contributed by atoms with E-state index in [2.05, 4.69) is 4.90 Å². The zero-order chi connectivity index (χ0) is 27.7. The third kappa shape index (κ3) is 5.92. The van der Waals surface area contributed by atoms with Crippen LogP contribution in [0.25, 0.3) is 10.8 Å². The number of ether oxygens (including phenoxy) is 1. The van der Waals surface area contributed by atoms with E-state index in [1.807, 2.05) is 18.2 Å². The van der Waals surface area contributed by atoms with E-state index < -0.39 is 17.5 Å². The number of carboxylic acid groups (broad SMARTS) is 1. The van der Waals surface area contributed by atoms with E-state index in [1.165, 1.54) is 18.2 Å². The summed E-state index contributed by atoms with van der Waals surface area (Å²) in [7, 11) is 0. The molecule has 0 aromatic heterocycles. The Morgan fingerprint density at radius 3 is 2.44 bits per heavy atom. The summed E-state index contributed by atoms with van der Waals surface area (Å²) in [6.07, 6.45) is 2.00. The number of carbonyl (C=O) groups is 1. The lowest BCUT2D eigenvalue weighted by Crippen LogP contribution is -2.44. The number of hydrogen-bond acceptors (Lipinski definition) is 5. The monoisotopic (exact) mass is 554 g/mol. The van der Waals surface area contributed by atoms with Crippen LogP contribution in [0.3, 0.4) is 0 Å². The molecular weight excluding hydrogens is 526 g/mol. The van der Waals surface area contributed by atoms with Gasteiger partial charge in [-0.3, -0.25) is 5.41 Å². The molecule has 1 heterocycles. The molecule has 0 radical (unpaired) electrons. The van der Waals surface area contributed by atoms with Crippen molar-refractivity contribution in [2.75, 3.05) is 31.2 Å². The third-order valence-electron chi connectivity index (χ3n) is 7.49.